The normalized spacial score (nSPS) is 14.2. The molecule has 0 aliphatic rings. The molecule has 0 bridgehead atoms. The number of hydrogen-bond donors (Lipinski definition) is 0. The monoisotopic (exact) mass is 170 g/mol. The van der Waals surface area contributed by atoms with Gasteiger partial charge in [0.15, 0.2) is 0 Å². The minimum absolute atomic E-state index is 0.254. The molecule has 0 aliphatic heterocycles. The number of rotatable bonds is 4. The van der Waals surface area contributed by atoms with Crippen LogP contribution in [0.3, 0.4) is 0 Å². The summed E-state index contributed by atoms with van der Waals surface area (Å²) in [6.07, 6.45) is 3.84. The van der Waals surface area contributed by atoms with Crippen molar-refractivity contribution in [3.63, 3.8) is 0 Å². The average molecular weight is 170 g/mol. The standard InChI is InChI=1S/C10H18O2/c1-5-6-8(2)9(3)7-10(11)12-4/h7-8H,5-6H2,1-4H3. The summed E-state index contributed by atoms with van der Waals surface area (Å²) in [7, 11) is 1.40. The van der Waals surface area contributed by atoms with E-state index < -0.39 is 0 Å². The summed E-state index contributed by atoms with van der Waals surface area (Å²) >= 11 is 0. The van der Waals surface area contributed by atoms with Crippen molar-refractivity contribution in [2.75, 3.05) is 7.11 Å². The molecule has 0 N–H and O–H groups in total. The van der Waals surface area contributed by atoms with E-state index in [1.807, 2.05) is 6.92 Å². The molecular weight excluding hydrogens is 152 g/mol. The lowest BCUT2D eigenvalue weighted by molar-refractivity contribution is -0.134. The van der Waals surface area contributed by atoms with Gasteiger partial charge in [0.05, 0.1) is 7.11 Å². The minimum Gasteiger partial charge on any atom is -0.466 e. The number of carbonyl (C=O) groups excluding carboxylic acids is 1. The SMILES string of the molecule is CCCC(C)C(C)=CC(=O)OC. The number of methoxy groups -OCH3 is 1. The van der Waals surface area contributed by atoms with Crippen LogP contribution in [0.4, 0.5) is 0 Å². The van der Waals surface area contributed by atoms with E-state index in [1.165, 1.54) is 7.11 Å². The Morgan fingerprint density at radius 2 is 2.17 bits per heavy atom. The summed E-state index contributed by atoms with van der Waals surface area (Å²) in [6, 6.07) is 0. The van der Waals surface area contributed by atoms with Crippen molar-refractivity contribution < 1.29 is 9.53 Å². The van der Waals surface area contributed by atoms with Gasteiger partial charge in [-0.15, -0.1) is 0 Å². The lowest BCUT2D eigenvalue weighted by Crippen LogP contribution is -2.01. The van der Waals surface area contributed by atoms with E-state index >= 15 is 0 Å². The Hall–Kier alpha value is -0.790. The summed E-state index contributed by atoms with van der Waals surface area (Å²) in [4.78, 5) is 10.8. The summed E-state index contributed by atoms with van der Waals surface area (Å²) < 4.78 is 4.53. The molecule has 0 heterocycles. The topological polar surface area (TPSA) is 26.3 Å². The van der Waals surface area contributed by atoms with Crippen LogP contribution in [0.25, 0.3) is 0 Å². The molecule has 0 spiro atoms. The van der Waals surface area contributed by atoms with Crippen LogP contribution in [-0.4, -0.2) is 13.1 Å². The Labute approximate surface area is 74.6 Å². The summed E-state index contributed by atoms with van der Waals surface area (Å²) in [5.41, 5.74) is 1.10. The molecule has 12 heavy (non-hydrogen) atoms. The van der Waals surface area contributed by atoms with Gasteiger partial charge in [-0.05, 0) is 19.3 Å². The maximum absolute atomic E-state index is 10.8. The van der Waals surface area contributed by atoms with Crippen LogP contribution in [0.1, 0.15) is 33.6 Å². The molecule has 0 saturated carbocycles. The van der Waals surface area contributed by atoms with Gasteiger partial charge in [-0.3, -0.25) is 0 Å². The van der Waals surface area contributed by atoms with Gasteiger partial charge in [0.2, 0.25) is 0 Å². The van der Waals surface area contributed by atoms with E-state index in [2.05, 4.69) is 18.6 Å². The van der Waals surface area contributed by atoms with Gasteiger partial charge in [-0.1, -0.05) is 25.8 Å². The van der Waals surface area contributed by atoms with Gasteiger partial charge in [-0.25, -0.2) is 4.79 Å². The number of allylic oxidation sites excluding steroid dienone is 1. The first-order valence-electron chi connectivity index (χ1n) is 4.38. The van der Waals surface area contributed by atoms with Crippen LogP contribution in [0.5, 0.6) is 0 Å². The van der Waals surface area contributed by atoms with Crippen LogP contribution < -0.4 is 0 Å². The predicted octanol–water partition coefficient (Wildman–Crippen LogP) is 2.54. The molecule has 0 aliphatic carbocycles. The van der Waals surface area contributed by atoms with Crippen LogP contribution in [0, 0.1) is 5.92 Å². The summed E-state index contributed by atoms with van der Waals surface area (Å²) in [5, 5.41) is 0. The second-order valence-corrected chi connectivity index (χ2v) is 3.10. The van der Waals surface area contributed by atoms with E-state index in [0.717, 1.165) is 18.4 Å². The third kappa shape index (κ3) is 4.16. The smallest absolute Gasteiger partial charge is 0.330 e. The first-order valence-corrected chi connectivity index (χ1v) is 4.38. The van der Waals surface area contributed by atoms with Crippen LogP contribution >= 0.6 is 0 Å². The van der Waals surface area contributed by atoms with Crippen LogP contribution in [0.15, 0.2) is 11.6 Å². The Bertz CT molecular complexity index is 171. The first-order chi connectivity index (χ1) is 5.61. The largest absolute Gasteiger partial charge is 0.466 e. The summed E-state index contributed by atoms with van der Waals surface area (Å²) in [5.74, 6) is 0.226. The van der Waals surface area contributed by atoms with Crippen molar-refractivity contribution in [3.8, 4) is 0 Å². The Morgan fingerprint density at radius 3 is 2.58 bits per heavy atom. The minimum atomic E-state index is -0.254. The fraction of sp³-hybridized carbons (Fsp3) is 0.700. The Kier molecular flexibility index (Phi) is 5.43. The van der Waals surface area contributed by atoms with E-state index in [4.69, 9.17) is 0 Å². The lowest BCUT2D eigenvalue weighted by atomic mass is 9.97. The molecular formula is C10H18O2. The van der Waals surface area contributed by atoms with E-state index in [1.54, 1.807) is 6.08 Å². The molecule has 0 rings (SSSR count). The van der Waals surface area contributed by atoms with Crippen molar-refractivity contribution in [2.24, 2.45) is 5.92 Å². The van der Waals surface area contributed by atoms with Gasteiger partial charge < -0.3 is 4.74 Å². The molecule has 1 atom stereocenters. The molecule has 0 aromatic carbocycles. The lowest BCUT2D eigenvalue weighted by Gasteiger charge is -2.09. The molecule has 0 radical (unpaired) electrons. The highest BCUT2D eigenvalue weighted by Gasteiger charge is 2.04. The zero-order valence-electron chi connectivity index (χ0n) is 8.39. The van der Waals surface area contributed by atoms with E-state index in [-0.39, 0.29) is 5.97 Å². The Balaban J connectivity index is 4.06. The van der Waals surface area contributed by atoms with Crippen LogP contribution in [-0.2, 0) is 9.53 Å². The highest BCUT2D eigenvalue weighted by molar-refractivity contribution is 5.82. The number of carbonyl (C=O) groups is 1. The number of esters is 1. The molecule has 1 unspecified atom stereocenters. The van der Waals surface area contributed by atoms with E-state index in [9.17, 15) is 4.79 Å². The van der Waals surface area contributed by atoms with Gasteiger partial charge >= 0.3 is 5.97 Å². The third-order valence-corrected chi connectivity index (χ3v) is 2.05. The third-order valence-electron chi connectivity index (χ3n) is 2.05. The average Bonchev–Trinajstić information content (AvgIpc) is 2.04. The van der Waals surface area contributed by atoms with Gasteiger partial charge in [-0.2, -0.15) is 0 Å². The van der Waals surface area contributed by atoms with Gasteiger partial charge in [0.25, 0.3) is 0 Å². The van der Waals surface area contributed by atoms with Crippen molar-refractivity contribution in [1.82, 2.24) is 0 Å². The maximum Gasteiger partial charge on any atom is 0.330 e. The maximum atomic E-state index is 10.8. The van der Waals surface area contributed by atoms with Gasteiger partial charge in [0.1, 0.15) is 0 Å². The van der Waals surface area contributed by atoms with Crippen molar-refractivity contribution in [2.45, 2.75) is 33.6 Å². The van der Waals surface area contributed by atoms with Crippen LogP contribution in [0.2, 0.25) is 0 Å². The first kappa shape index (κ1) is 11.2. The molecule has 70 valence electrons. The molecule has 2 nitrogen and oxygen atoms in total. The van der Waals surface area contributed by atoms with Crippen molar-refractivity contribution in [1.29, 1.82) is 0 Å². The van der Waals surface area contributed by atoms with E-state index in [0.29, 0.717) is 5.92 Å². The number of ether oxygens (including phenoxy) is 1. The highest BCUT2D eigenvalue weighted by atomic mass is 16.5. The second-order valence-electron chi connectivity index (χ2n) is 3.10. The van der Waals surface area contributed by atoms with Gasteiger partial charge in [0, 0.05) is 6.08 Å². The molecule has 2 heteroatoms. The zero-order chi connectivity index (χ0) is 9.56. The molecule has 0 aromatic heterocycles. The molecule has 0 saturated heterocycles. The Morgan fingerprint density at radius 1 is 1.58 bits per heavy atom. The summed E-state index contributed by atoms with van der Waals surface area (Å²) in [6.45, 7) is 6.23. The fourth-order valence-electron chi connectivity index (χ4n) is 1.05. The molecule has 0 amide bonds. The quantitative estimate of drug-likeness (QED) is 0.478. The molecule has 0 fully saturated rings. The molecule has 0 aromatic rings. The predicted molar refractivity (Wildman–Crippen MR) is 49.8 cm³/mol. The fourth-order valence-corrected chi connectivity index (χ4v) is 1.05. The van der Waals surface area contributed by atoms with Crippen molar-refractivity contribution >= 4 is 5.97 Å². The van der Waals surface area contributed by atoms with Crippen molar-refractivity contribution in [3.05, 3.63) is 11.6 Å². The number of hydrogen-bond acceptors (Lipinski definition) is 2. The highest BCUT2D eigenvalue weighted by Crippen LogP contribution is 2.15. The second kappa shape index (κ2) is 5.81. The zero-order valence-corrected chi connectivity index (χ0v) is 8.39.